The van der Waals surface area contributed by atoms with Crippen LogP contribution >= 0.6 is 24.0 Å². The second-order valence-corrected chi connectivity index (χ2v) is 8.90. The Bertz CT molecular complexity index is 720. The molecular weight excluding hydrogens is 491 g/mol. The van der Waals surface area contributed by atoms with Gasteiger partial charge in [-0.15, -0.1) is 24.0 Å². The molecule has 1 aromatic rings. The number of halogens is 1. The molecule has 0 spiro atoms. The summed E-state index contributed by atoms with van der Waals surface area (Å²) in [6, 6.07) is 7.44. The van der Waals surface area contributed by atoms with E-state index in [4.69, 9.17) is 0 Å². The van der Waals surface area contributed by atoms with Crippen molar-refractivity contribution in [2.75, 3.05) is 31.9 Å². The summed E-state index contributed by atoms with van der Waals surface area (Å²) >= 11 is 0. The number of phenolic OH excluding ortho intramolecular Hbond substituents is 1. The van der Waals surface area contributed by atoms with Crippen LogP contribution in [0.4, 0.5) is 0 Å². The Morgan fingerprint density at radius 2 is 2.00 bits per heavy atom. The molecule has 28 heavy (non-hydrogen) atoms. The summed E-state index contributed by atoms with van der Waals surface area (Å²) in [4.78, 5) is 4.61. The van der Waals surface area contributed by atoms with Crippen molar-refractivity contribution in [1.29, 1.82) is 0 Å². The van der Waals surface area contributed by atoms with E-state index >= 15 is 0 Å². The summed E-state index contributed by atoms with van der Waals surface area (Å²) in [6.45, 7) is 6.41. The van der Waals surface area contributed by atoms with Gasteiger partial charge in [0.1, 0.15) is 5.75 Å². The molecule has 1 fully saturated rings. The molecule has 0 aliphatic carbocycles. The van der Waals surface area contributed by atoms with Gasteiger partial charge in [0.25, 0.3) is 0 Å². The summed E-state index contributed by atoms with van der Waals surface area (Å²) < 4.78 is 25.9. The maximum Gasteiger partial charge on any atom is 0.214 e. The standard InChI is InChI=1S/C19H32N4O3S.HI/c1-3-14-27(25,26)23-12-9-17(10-13-23)22-19(20-4-2)21-11-8-16-6-5-7-18(24)15-16;/h5-7,15,17,24H,3-4,8-14H2,1-2H3,(H2,20,21,22);1H. The molecule has 0 amide bonds. The molecular formula is C19H33IN4O3S. The largest absolute Gasteiger partial charge is 0.508 e. The zero-order valence-corrected chi connectivity index (χ0v) is 19.9. The van der Waals surface area contributed by atoms with Crippen molar-refractivity contribution in [2.45, 2.75) is 45.6 Å². The molecule has 3 N–H and O–H groups in total. The fourth-order valence-corrected chi connectivity index (χ4v) is 4.73. The van der Waals surface area contributed by atoms with E-state index in [1.165, 1.54) is 0 Å². The number of aromatic hydroxyl groups is 1. The van der Waals surface area contributed by atoms with Gasteiger partial charge in [0, 0.05) is 32.2 Å². The molecule has 1 aliphatic heterocycles. The number of rotatable bonds is 8. The Morgan fingerprint density at radius 1 is 1.29 bits per heavy atom. The third-order valence-electron chi connectivity index (χ3n) is 4.58. The fraction of sp³-hybridized carbons (Fsp3) is 0.632. The number of nitrogens with zero attached hydrogens (tertiary/aromatic N) is 2. The molecule has 160 valence electrons. The molecule has 1 heterocycles. The highest BCUT2D eigenvalue weighted by Gasteiger charge is 2.27. The van der Waals surface area contributed by atoms with E-state index in [1.807, 2.05) is 26.0 Å². The van der Waals surface area contributed by atoms with Crippen molar-refractivity contribution < 1.29 is 13.5 Å². The van der Waals surface area contributed by atoms with E-state index in [1.54, 1.807) is 16.4 Å². The highest BCUT2D eigenvalue weighted by atomic mass is 127. The average Bonchev–Trinajstić information content (AvgIpc) is 2.62. The van der Waals surface area contributed by atoms with E-state index in [-0.39, 0.29) is 41.5 Å². The van der Waals surface area contributed by atoms with E-state index < -0.39 is 10.0 Å². The normalized spacial score (nSPS) is 16.4. The van der Waals surface area contributed by atoms with Crippen molar-refractivity contribution >= 4 is 40.0 Å². The van der Waals surface area contributed by atoms with Crippen LogP contribution in [-0.4, -0.2) is 61.8 Å². The monoisotopic (exact) mass is 524 g/mol. The topological polar surface area (TPSA) is 94.0 Å². The van der Waals surface area contributed by atoms with E-state index in [0.717, 1.165) is 37.3 Å². The maximum atomic E-state index is 12.2. The lowest BCUT2D eigenvalue weighted by atomic mass is 10.1. The number of piperidine rings is 1. The van der Waals surface area contributed by atoms with Crippen molar-refractivity contribution in [3.05, 3.63) is 29.8 Å². The van der Waals surface area contributed by atoms with E-state index in [9.17, 15) is 13.5 Å². The number of hydrogen-bond donors (Lipinski definition) is 3. The number of aliphatic imine (C=N–C) groups is 1. The minimum atomic E-state index is -3.10. The fourth-order valence-electron chi connectivity index (χ4n) is 3.19. The Balaban J connectivity index is 0.00000392. The van der Waals surface area contributed by atoms with Gasteiger partial charge in [-0.05, 0) is 50.3 Å². The predicted molar refractivity (Wildman–Crippen MR) is 125 cm³/mol. The van der Waals surface area contributed by atoms with Crippen molar-refractivity contribution in [1.82, 2.24) is 14.9 Å². The Kier molecular flexibility index (Phi) is 11.1. The van der Waals surface area contributed by atoms with Gasteiger partial charge < -0.3 is 15.7 Å². The Hall–Kier alpha value is -1.07. The molecule has 1 saturated heterocycles. The molecule has 1 aliphatic rings. The number of phenols is 1. The van der Waals surface area contributed by atoms with Gasteiger partial charge in [0.05, 0.1) is 5.75 Å². The highest BCUT2D eigenvalue weighted by Crippen LogP contribution is 2.15. The SMILES string of the molecule is CCCS(=O)(=O)N1CCC(NC(=NCCc2cccc(O)c2)NCC)CC1.I. The first-order valence-electron chi connectivity index (χ1n) is 9.75. The van der Waals surface area contributed by atoms with Crippen LogP contribution in [0.3, 0.4) is 0 Å². The molecule has 9 heteroatoms. The van der Waals surface area contributed by atoms with Crippen molar-refractivity contribution in [3.8, 4) is 5.75 Å². The smallest absolute Gasteiger partial charge is 0.214 e. The zero-order chi connectivity index (χ0) is 19.7. The molecule has 0 radical (unpaired) electrons. The van der Waals surface area contributed by atoms with Gasteiger partial charge >= 0.3 is 0 Å². The Labute approximate surface area is 186 Å². The number of guanidine groups is 1. The van der Waals surface area contributed by atoms with Gasteiger partial charge in [-0.2, -0.15) is 0 Å². The van der Waals surface area contributed by atoms with Crippen LogP contribution < -0.4 is 10.6 Å². The number of sulfonamides is 1. The van der Waals surface area contributed by atoms with E-state index in [2.05, 4.69) is 15.6 Å². The first-order valence-corrected chi connectivity index (χ1v) is 11.4. The van der Waals surface area contributed by atoms with Crippen LogP contribution in [0.15, 0.2) is 29.3 Å². The molecule has 0 unspecified atom stereocenters. The van der Waals surface area contributed by atoms with E-state index in [0.29, 0.717) is 26.1 Å². The lowest BCUT2D eigenvalue weighted by Gasteiger charge is -2.32. The molecule has 0 atom stereocenters. The average molecular weight is 524 g/mol. The summed E-state index contributed by atoms with van der Waals surface area (Å²) in [7, 11) is -3.10. The van der Waals surface area contributed by atoms with Crippen LogP contribution in [-0.2, 0) is 16.4 Å². The van der Waals surface area contributed by atoms with Crippen LogP contribution in [0.2, 0.25) is 0 Å². The van der Waals surface area contributed by atoms with Crippen molar-refractivity contribution in [3.63, 3.8) is 0 Å². The van der Waals surface area contributed by atoms with Crippen LogP contribution in [0.5, 0.6) is 5.75 Å². The minimum Gasteiger partial charge on any atom is -0.508 e. The summed E-state index contributed by atoms with van der Waals surface area (Å²) in [5, 5.41) is 16.2. The first kappa shape index (κ1) is 25.0. The molecule has 1 aromatic carbocycles. The third-order valence-corrected chi connectivity index (χ3v) is 6.65. The quantitative estimate of drug-likeness (QED) is 0.276. The second-order valence-electron chi connectivity index (χ2n) is 6.81. The number of nitrogens with one attached hydrogen (secondary N) is 2. The maximum absolute atomic E-state index is 12.2. The number of benzene rings is 1. The van der Waals surface area contributed by atoms with Crippen LogP contribution in [0.25, 0.3) is 0 Å². The Morgan fingerprint density at radius 3 is 2.61 bits per heavy atom. The summed E-state index contributed by atoms with van der Waals surface area (Å²) in [5.74, 6) is 1.25. The third kappa shape index (κ3) is 8.12. The minimum absolute atomic E-state index is 0. The first-order chi connectivity index (χ1) is 12.9. The van der Waals surface area contributed by atoms with Gasteiger partial charge in [0.15, 0.2) is 5.96 Å². The van der Waals surface area contributed by atoms with Crippen LogP contribution in [0.1, 0.15) is 38.7 Å². The molecule has 7 nitrogen and oxygen atoms in total. The van der Waals surface area contributed by atoms with Crippen molar-refractivity contribution in [2.24, 2.45) is 4.99 Å². The molecule has 0 saturated carbocycles. The zero-order valence-electron chi connectivity index (χ0n) is 16.7. The predicted octanol–water partition coefficient (Wildman–Crippen LogP) is 2.31. The lowest BCUT2D eigenvalue weighted by molar-refractivity contribution is 0.306. The van der Waals surface area contributed by atoms with Gasteiger partial charge in [0.2, 0.25) is 10.0 Å². The van der Waals surface area contributed by atoms with Gasteiger partial charge in [-0.1, -0.05) is 19.1 Å². The van der Waals surface area contributed by atoms with Gasteiger partial charge in [-0.3, -0.25) is 4.99 Å². The molecule has 0 bridgehead atoms. The molecule has 0 aromatic heterocycles. The second kappa shape index (κ2) is 12.5. The van der Waals surface area contributed by atoms with Crippen LogP contribution in [0, 0.1) is 0 Å². The molecule has 2 rings (SSSR count). The summed E-state index contributed by atoms with van der Waals surface area (Å²) in [5.41, 5.74) is 1.05. The highest BCUT2D eigenvalue weighted by molar-refractivity contribution is 14.0. The van der Waals surface area contributed by atoms with Gasteiger partial charge in [-0.25, -0.2) is 12.7 Å². The number of hydrogen-bond acceptors (Lipinski definition) is 4. The lowest BCUT2D eigenvalue weighted by Crippen LogP contribution is -2.50. The summed E-state index contributed by atoms with van der Waals surface area (Å²) in [6.07, 6.45) is 2.95.